The molecule has 0 unspecified atom stereocenters. The molecule has 186 valence electrons. The van der Waals surface area contributed by atoms with Crippen LogP contribution in [0.1, 0.15) is 0 Å². The summed E-state index contributed by atoms with van der Waals surface area (Å²) < 4.78 is 51.7. The van der Waals surface area contributed by atoms with Crippen molar-refractivity contribution in [3.8, 4) is 11.1 Å². The molecule has 0 amide bonds. The second kappa shape index (κ2) is 10.3. The van der Waals surface area contributed by atoms with Crippen molar-refractivity contribution < 1.29 is 16.8 Å². The van der Waals surface area contributed by atoms with E-state index in [4.69, 9.17) is 0 Å². The summed E-state index contributed by atoms with van der Waals surface area (Å²) in [6.07, 6.45) is 2.51. The van der Waals surface area contributed by atoms with Gasteiger partial charge in [-0.1, -0.05) is 30.3 Å². The summed E-state index contributed by atoms with van der Waals surface area (Å²) in [6, 6.07) is 22.9. The predicted molar refractivity (Wildman–Crippen MR) is 142 cm³/mol. The van der Waals surface area contributed by atoms with Gasteiger partial charge in [0.25, 0.3) is 0 Å². The molecular formula is C24H24N6O4S2. The van der Waals surface area contributed by atoms with Gasteiger partial charge in [0.15, 0.2) is 0 Å². The SMILES string of the molecule is CNS(=O)(=O)c1cccc(Nc2cc(Nc3cccc(-c4ccc(NS(C)(=O)=O)cc4)c3)ncn2)c1. The van der Waals surface area contributed by atoms with Gasteiger partial charge in [0.05, 0.1) is 11.2 Å². The Morgan fingerprint density at radius 3 is 1.89 bits per heavy atom. The molecule has 10 nitrogen and oxygen atoms in total. The van der Waals surface area contributed by atoms with Crippen molar-refractivity contribution in [1.82, 2.24) is 14.7 Å². The molecule has 0 radical (unpaired) electrons. The van der Waals surface area contributed by atoms with Crippen molar-refractivity contribution in [2.45, 2.75) is 4.90 Å². The number of hydrogen-bond acceptors (Lipinski definition) is 8. The first-order chi connectivity index (χ1) is 17.1. The van der Waals surface area contributed by atoms with Gasteiger partial charge in [0.1, 0.15) is 18.0 Å². The highest BCUT2D eigenvalue weighted by molar-refractivity contribution is 7.92. The first-order valence-corrected chi connectivity index (χ1v) is 14.1. The standard InChI is InChI=1S/C24H24N6O4S2/c1-25-36(33,34)22-8-4-7-21(14-22)29-24-15-23(26-16-27-24)28-20-6-3-5-18(13-20)17-9-11-19(12-10-17)30-35(2,31)32/h3-16,25,30H,1-2H3,(H2,26,27,28,29). The van der Waals surface area contributed by atoms with E-state index in [0.29, 0.717) is 23.0 Å². The Bertz CT molecular complexity index is 1590. The Labute approximate surface area is 209 Å². The molecule has 0 aliphatic heterocycles. The topological polar surface area (TPSA) is 142 Å². The van der Waals surface area contributed by atoms with E-state index in [1.807, 2.05) is 36.4 Å². The van der Waals surface area contributed by atoms with Crippen molar-refractivity contribution in [1.29, 1.82) is 0 Å². The molecule has 0 saturated heterocycles. The minimum Gasteiger partial charge on any atom is -0.340 e. The van der Waals surface area contributed by atoms with Gasteiger partial charge in [-0.3, -0.25) is 4.72 Å². The Morgan fingerprint density at radius 2 is 1.28 bits per heavy atom. The number of nitrogens with zero attached hydrogens (tertiary/aromatic N) is 2. The zero-order chi connectivity index (χ0) is 25.8. The molecular weight excluding hydrogens is 500 g/mol. The van der Waals surface area contributed by atoms with E-state index < -0.39 is 20.0 Å². The first-order valence-electron chi connectivity index (χ1n) is 10.7. The third-order valence-corrected chi connectivity index (χ3v) is 7.03. The minimum atomic E-state index is -3.56. The second-order valence-corrected chi connectivity index (χ2v) is 11.4. The molecule has 0 atom stereocenters. The van der Waals surface area contributed by atoms with Crippen LogP contribution in [0.25, 0.3) is 11.1 Å². The van der Waals surface area contributed by atoms with Crippen molar-refractivity contribution >= 4 is 48.7 Å². The molecule has 1 heterocycles. The van der Waals surface area contributed by atoms with E-state index in [1.165, 1.54) is 25.5 Å². The molecule has 12 heteroatoms. The van der Waals surface area contributed by atoms with Gasteiger partial charge in [-0.05, 0) is 60.6 Å². The number of aromatic nitrogens is 2. The fourth-order valence-electron chi connectivity index (χ4n) is 3.37. The summed E-state index contributed by atoms with van der Waals surface area (Å²) in [7, 11) is -5.54. The summed E-state index contributed by atoms with van der Waals surface area (Å²) in [4.78, 5) is 8.61. The predicted octanol–water partition coefficient (Wildman–Crippen LogP) is 3.91. The maximum atomic E-state index is 12.1. The number of rotatable bonds is 9. The number of benzene rings is 3. The van der Waals surface area contributed by atoms with E-state index >= 15 is 0 Å². The lowest BCUT2D eigenvalue weighted by Gasteiger charge is -2.11. The molecule has 1 aromatic heterocycles. The van der Waals surface area contributed by atoms with Crippen molar-refractivity contribution in [3.63, 3.8) is 0 Å². The number of anilines is 5. The lowest BCUT2D eigenvalue weighted by atomic mass is 10.0. The highest BCUT2D eigenvalue weighted by Crippen LogP contribution is 2.27. The highest BCUT2D eigenvalue weighted by atomic mass is 32.2. The Hall–Kier alpha value is -4.00. The van der Waals surface area contributed by atoms with Crippen LogP contribution in [0.3, 0.4) is 0 Å². The van der Waals surface area contributed by atoms with E-state index in [1.54, 1.807) is 30.3 Å². The fourth-order valence-corrected chi connectivity index (χ4v) is 4.71. The van der Waals surface area contributed by atoms with Crippen molar-refractivity contribution in [2.75, 3.05) is 28.7 Å². The van der Waals surface area contributed by atoms with Gasteiger partial charge in [-0.15, -0.1) is 0 Å². The summed E-state index contributed by atoms with van der Waals surface area (Å²) in [5, 5.41) is 6.33. The van der Waals surface area contributed by atoms with Crippen LogP contribution in [0.2, 0.25) is 0 Å². The van der Waals surface area contributed by atoms with Crippen LogP contribution in [0.15, 0.2) is 90.1 Å². The molecule has 0 bridgehead atoms. The first kappa shape index (κ1) is 25.1. The van der Waals surface area contributed by atoms with Gasteiger partial charge in [0.2, 0.25) is 20.0 Å². The fraction of sp³-hybridized carbons (Fsp3) is 0.0833. The second-order valence-electron chi connectivity index (χ2n) is 7.81. The molecule has 0 spiro atoms. The van der Waals surface area contributed by atoms with Crippen LogP contribution < -0.4 is 20.1 Å². The molecule has 4 rings (SSSR count). The van der Waals surface area contributed by atoms with Crippen LogP contribution in [-0.4, -0.2) is 40.1 Å². The van der Waals surface area contributed by atoms with Crippen LogP contribution in [0, 0.1) is 0 Å². The molecule has 4 N–H and O–H groups in total. The third-order valence-electron chi connectivity index (χ3n) is 5.01. The molecule has 0 saturated carbocycles. The quantitative estimate of drug-likeness (QED) is 0.258. The third kappa shape index (κ3) is 6.56. The molecule has 4 aromatic rings. The molecule has 36 heavy (non-hydrogen) atoms. The van der Waals surface area contributed by atoms with E-state index in [-0.39, 0.29) is 4.90 Å². The largest absolute Gasteiger partial charge is 0.340 e. The van der Waals surface area contributed by atoms with Crippen LogP contribution in [-0.2, 0) is 20.0 Å². The summed E-state index contributed by atoms with van der Waals surface area (Å²) >= 11 is 0. The average molecular weight is 525 g/mol. The summed E-state index contributed by atoms with van der Waals surface area (Å²) in [5.74, 6) is 1.02. The highest BCUT2D eigenvalue weighted by Gasteiger charge is 2.12. The van der Waals surface area contributed by atoms with E-state index in [9.17, 15) is 16.8 Å². The monoisotopic (exact) mass is 524 g/mol. The number of sulfonamides is 2. The van der Waals surface area contributed by atoms with Gasteiger partial charge in [0, 0.05) is 23.1 Å². The normalized spacial score (nSPS) is 11.6. The van der Waals surface area contributed by atoms with Gasteiger partial charge in [-0.2, -0.15) is 0 Å². The van der Waals surface area contributed by atoms with E-state index in [2.05, 4.69) is 30.0 Å². The Balaban J connectivity index is 1.50. The average Bonchev–Trinajstić information content (AvgIpc) is 2.84. The zero-order valence-electron chi connectivity index (χ0n) is 19.4. The summed E-state index contributed by atoms with van der Waals surface area (Å²) in [5.41, 5.74) is 3.69. The maximum Gasteiger partial charge on any atom is 0.240 e. The van der Waals surface area contributed by atoms with E-state index in [0.717, 1.165) is 23.1 Å². The number of nitrogens with one attached hydrogen (secondary N) is 4. The molecule has 0 fully saturated rings. The smallest absolute Gasteiger partial charge is 0.240 e. The van der Waals surface area contributed by atoms with Crippen LogP contribution in [0.4, 0.5) is 28.7 Å². The molecule has 0 aliphatic rings. The summed E-state index contributed by atoms with van der Waals surface area (Å²) in [6.45, 7) is 0. The Kier molecular flexibility index (Phi) is 7.20. The molecule has 0 aliphatic carbocycles. The van der Waals surface area contributed by atoms with Gasteiger partial charge >= 0.3 is 0 Å². The lowest BCUT2D eigenvalue weighted by molar-refractivity contribution is 0.588. The lowest BCUT2D eigenvalue weighted by Crippen LogP contribution is -2.18. The van der Waals surface area contributed by atoms with Crippen LogP contribution >= 0.6 is 0 Å². The van der Waals surface area contributed by atoms with Crippen LogP contribution in [0.5, 0.6) is 0 Å². The van der Waals surface area contributed by atoms with Gasteiger partial charge in [-0.25, -0.2) is 31.5 Å². The zero-order valence-corrected chi connectivity index (χ0v) is 21.1. The number of hydrogen-bond donors (Lipinski definition) is 4. The Morgan fingerprint density at radius 1 is 0.667 bits per heavy atom. The van der Waals surface area contributed by atoms with Crippen molar-refractivity contribution in [2.24, 2.45) is 0 Å². The maximum absolute atomic E-state index is 12.1. The van der Waals surface area contributed by atoms with Crippen molar-refractivity contribution in [3.05, 3.63) is 85.2 Å². The minimum absolute atomic E-state index is 0.138. The molecule has 3 aromatic carbocycles. The van der Waals surface area contributed by atoms with Gasteiger partial charge < -0.3 is 10.6 Å².